The molecule has 0 spiro atoms. The van der Waals surface area contributed by atoms with Crippen LogP contribution in [0.3, 0.4) is 0 Å². The van der Waals surface area contributed by atoms with Crippen molar-refractivity contribution < 1.29 is 12.8 Å². The van der Waals surface area contributed by atoms with Crippen LogP contribution in [0.4, 0.5) is 0 Å². The third-order valence-electron chi connectivity index (χ3n) is 3.12. The lowest BCUT2D eigenvalue weighted by molar-refractivity contribution is 0.441. The van der Waals surface area contributed by atoms with Gasteiger partial charge in [0.2, 0.25) is 10.0 Å². The van der Waals surface area contributed by atoms with Crippen LogP contribution in [0.2, 0.25) is 0 Å². The molecule has 1 atom stereocenters. The van der Waals surface area contributed by atoms with Crippen LogP contribution >= 0.6 is 11.3 Å². The summed E-state index contributed by atoms with van der Waals surface area (Å²) in [5.74, 6) is 1.37. The highest BCUT2D eigenvalue weighted by atomic mass is 32.2. The summed E-state index contributed by atoms with van der Waals surface area (Å²) in [7, 11) is -1.78. The number of thiophene rings is 1. The number of aryl methyl sites for hydroxylation is 2. The molecule has 0 aliphatic heterocycles. The molecule has 0 radical (unpaired) electrons. The standard InChI is InChI=1S/C14H20N2O3S2/c1-9-8-20-13(7-15-4)14(9)21(17,18)16-11(3)12-6-5-10(2)19-12/h5-6,8,11,15-16H,7H2,1-4H3. The molecule has 0 fully saturated rings. The molecule has 21 heavy (non-hydrogen) atoms. The number of hydrogen-bond donors (Lipinski definition) is 2. The zero-order chi connectivity index (χ0) is 15.6. The molecule has 0 saturated carbocycles. The average Bonchev–Trinajstić information content (AvgIpc) is 2.96. The summed E-state index contributed by atoms with van der Waals surface area (Å²) in [5.41, 5.74) is 0.764. The van der Waals surface area contributed by atoms with Gasteiger partial charge in [0.05, 0.1) is 6.04 Å². The van der Waals surface area contributed by atoms with Crippen molar-refractivity contribution in [3.8, 4) is 0 Å². The van der Waals surface area contributed by atoms with Gasteiger partial charge >= 0.3 is 0 Å². The van der Waals surface area contributed by atoms with Crippen LogP contribution < -0.4 is 10.0 Å². The first-order valence-corrected chi connectivity index (χ1v) is 9.01. The third-order valence-corrected chi connectivity index (χ3v) is 6.12. The fourth-order valence-corrected chi connectivity index (χ4v) is 5.20. The number of hydrogen-bond acceptors (Lipinski definition) is 5. The van der Waals surface area contributed by atoms with Crippen molar-refractivity contribution in [3.63, 3.8) is 0 Å². The smallest absolute Gasteiger partial charge is 0.242 e. The molecule has 1 unspecified atom stereocenters. The van der Waals surface area contributed by atoms with E-state index < -0.39 is 16.1 Å². The second-order valence-corrected chi connectivity index (χ2v) is 7.61. The topological polar surface area (TPSA) is 71.3 Å². The van der Waals surface area contributed by atoms with Crippen LogP contribution in [-0.2, 0) is 16.6 Å². The zero-order valence-electron chi connectivity index (χ0n) is 12.6. The normalized spacial score (nSPS) is 13.5. The van der Waals surface area contributed by atoms with E-state index in [1.807, 2.05) is 25.3 Å². The van der Waals surface area contributed by atoms with Gasteiger partial charge in [0.1, 0.15) is 16.4 Å². The van der Waals surface area contributed by atoms with Crippen molar-refractivity contribution in [3.05, 3.63) is 39.5 Å². The van der Waals surface area contributed by atoms with E-state index in [0.717, 1.165) is 16.2 Å². The van der Waals surface area contributed by atoms with E-state index in [4.69, 9.17) is 4.42 Å². The van der Waals surface area contributed by atoms with Gasteiger partial charge in [-0.3, -0.25) is 0 Å². The summed E-state index contributed by atoms with van der Waals surface area (Å²) in [4.78, 5) is 1.18. The van der Waals surface area contributed by atoms with Gasteiger partial charge in [0.15, 0.2) is 0 Å². The van der Waals surface area contributed by atoms with Gasteiger partial charge in [-0.15, -0.1) is 11.3 Å². The van der Waals surface area contributed by atoms with Gasteiger partial charge in [-0.25, -0.2) is 13.1 Å². The molecule has 0 aliphatic rings. The molecule has 0 saturated heterocycles. The van der Waals surface area contributed by atoms with Crippen LogP contribution in [0.1, 0.15) is 34.9 Å². The van der Waals surface area contributed by atoms with E-state index in [1.165, 1.54) is 11.3 Å². The fourth-order valence-electron chi connectivity index (χ4n) is 2.17. The molecule has 5 nitrogen and oxygen atoms in total. The first-order valence-electron chi connectivity index (χ1n) is 6.65. The van der Waals surface area contributed by atoms with Crippen LogP contribution in [0.15, 0.2) is 26.8 Å². The lowest BCUT2D eigenvalue weighted by Crippen LogP contribution is -2.28. The summed E-state index contributed by atoms with van der Waals surface area (Å²) in [6.45, 7) is 5.95. The predicted octanol–water partition coefficient (Wildman–Crippen LogP) is 2.72. The highest BCUT2D eigenvalue weighted by molar-refractivity contribution is 7.89. The molecule has 0 bridgehead atoms. The van der Waals surface area contributed by atoms with Crippen LogP contribution in [0.25, 0.3) is 0 Å². The maximum Gasteiger partial charge on any atom is 0.242 e. The Balaban J connectivity index is 2.28. The van der Waals surface area contributed by atoms with E-state index >= 15 is 0 Å². The molecule has 2 N–H and O–H groups in total. The Kier molecular flexibility index (Phi) is 4.88. The molecule has 0 aliphatic carbocycles. The highest BCUT2D eigenvalue weighted by Gasteiger charge is 2.25. The van der Waals surface area contributed by atoms with Crippen molar-refractivity contribution >= 4 is 21.4 Å². The van der Waals surface area contributed by atoms with Crippen molar-refractivity contribution in [2.24, 2.45) is 0 Å². The Hall–Kier alpha value is -1.15. The second kappa shape index (κ2) is 6.31. The van der Waals surface area contributed by atoms with Crippen LogP contribution in [0, 0.1) is 13.8 Å². The SMILES string of the molecule is CNCc1scc(C)c1S(=O)(=O)NC(C)c1ccc(C)o1. The van der Waals surface area contributed by atoms with Gasteiger partial charge < -0.3 is 9.73 Å². The summed E-state index contributed by atoms with van der Waals surface area (Å²) in [5, 5.41) is 4.86. The monoisotopic (exact) mass is 328 g/mol. The Bertz CT molecular complexity index is 716. The van der Waals surface area contributed by atoms with Crippen molar-refractivity contribution in [1.29, 1.82) is 0 Å². The predicted molar refractivity (Wildman–Crippen MR) is 84.0 cm³/mol. The molecule has 2 rings (SSSR count). The van der Waals surface area contributed by atoms with E-state index in [2.05, 4.69) is 10.0 Å². The van der Waals surface area contributed by atoms with Gasteiger partial charge in [-0.05, 0) is 50.9 Å². The van der Waals surface area contributed by atoms with Gasteiger partial charge in [0, 0.05) is 11.4 Å². The van der Waals surface area contributed by atoms with E-state index in [0.29, 0.717) is 17.2 Å². The minimum atomic E-state index is -3.58. The molecule has 0 aromatic carbocycles. The minimum absolute atomic E-state index is 0.372. The van der Waals surface area contributed by atoms with Gasteiger partial charge in [0.25, 0.3) is 0 Å². The molecule has 116 valence electrons. The maximum atomic E-state index is 12.6. The Labute approximate surface area is 129 Å². The number of furan rings is 1. The number of sulfonamides is 1. The van der Waals surface area contributed by atoms with E-state index in [-0.39, 0.29) is 0 Å². The molecule has 0 amide bonds. The summed E-state index contributed by atoms with van der Waals surface area (Å²) in [6.07, 6.45) is 0. The first-order chi connectivity index (χ1) is 9.85. The van der Waals surface area contributed by atoms with Gasteiger partial charge in [-0.2, -0.15) is 0 Å². The molecule has 2 aromatic rings. The highest BCUT2D eigenvalue weighted by Crippen LogP contribution is 2.28. The third kappa shape index (κ3) is 3.55. The molecular formula is C14H20N2O3S2. The van der Waals surface area contributed by atoms with Crippen molar-refractivity contribution in [1.82, 2.24) is 10.0 Å². The Morgan fingerprint density at radius 3 is 2.62 bits per heavy atom. The van der Waals surface area contributed by atoms with Crippen LogP contribution in [-0.4, -0.2) is 15.5 Å². The molecule has 2 heterocycles. The van der Waals surface area contributed by atoms with E-state index in [9.17, 15) is 8.42 Å². The van der Waals surface area contributed by atoms with Gasteiger partial charge in [-0.1, -0.05) is 0 Å². The maximum absolute atomic E-state index is 12.6. The fraction of sp³-hybridized carbons (Fsp3) is 0.429. The summed E-state index contributed by atoms with van der Waals surface area (Å²) < 4.78 is 33.4. The number of nitrogens with one attached hydrogen (secondary N) is 2. The molecular weight excluding hydrogens is 308 g/mol. The molecule has 2 aromatic heterocycles. The van der Waals surface area contributed by atoms with Crippen molar-refractivity contribution in [2.45, 2.75) is 38.3 Å². The lowest BCUT2D eigenvalue weighted by Gasteiger charge is -2.13. The van der Waals surface area contributed by atoms with Crippen LogP contribution in [0.5, 0.6) is 0 Å². The summed E-state index contributed by atoms with van der Waals surface area (Å²) in [6, 6.07) is 3.20. The van der Waals surface area contributed by atoms with Crippen molar-refractivity contribution in [2.75, 3.05) is 7.05 Å². The number of rotatable bonds is 6. The lowest BCUT2D eigenvalue weighted by atomic mass is 10.3. The Morgan fingerprint density at radius 2 is 2.05 bits per heavy atom. The zero-order valence-corrected chi connectivity index (χ0v) is 14.2. The van der Waals surface area contributed by atoms with E-state index in [1.54, 1.807) is 20.0 Å². The average molecular weight is 328 g/mol. The second-order valence-electron chi connectivity index (χ2n) is 4.99. The summed E-state index contributed by atoms with van der Waals surface area (Å²) >= 11 is 1.45. The quantitative estimate of drug-likeness (QED) is 0.855. The Morgan fingerprint density at radius 1 is 1.33 bits per heavy atom. The minimum Gasteiger partial charge on any atom is -0.465 e. The first kappa shape index (κ1) is 16.2. The molecule has 7 heteroatoms. The largest absolute Gasteiger partial charge is 0.465 e.